The molecule has 0 amide bonds. The molecule has 0 aliphatic carbocycles. The van der Waals surface area contributed by atoms with Crippen LogP contribution in [0.3, 0.4) is 0 Å². The Hall–Kier alpha value is -3.15. The van der Waals surface area contributed by atoms with Gasteiger partial charge in [-0.15, -0.1) is 10.2 Å². The minimum absolute atomic E-state index is 0.233. The Balaban J connectivity index is 1.56. The summed E-state index contributed by atoms with van der Waals surface area (Å²) in [6.07, 6.45) is 1.18. The van der Waals surface area contributed by atoms with Crippen molar-refractivity contribution in [2.24, 2.45) is 0 Å². The molecule has 1 aliphatic heterocycles. The van der Waals surface area contributed by atoms with Crippen LogP contribution in [0, 0.1) is 6.57 Å². The van der Waals surface area contributed by atoms with Crippen molar-refractivity contribution in [1.29, 1.82) is 0 Å². The topological polar surface area (TPSA) is 74.9 Å². The second kappa shape index (κ2) is 9.77. The van der Waals surface area contributed by atoms with Gasteiger partial charge in [0.05, 0.1) is 25.3 Å². The smallest absolute Gasteiger partial charge is 0.188 e. The van der Waals surface area contributed by atoms with Gasteiger partial charge in [0.15, 0.2) is 17.3 Å². The van der Waals surface area contributed by atoms with Gasteiger partial charge in [-0.3, -0.25) is 0 Å². The second-order valence-electron chi connectivity index (χ2n) is 8.16. The SMILES string of the molecule is [C-]#[N+]c1ccc2c(N3CCC(F)(CO)CC3)nnc(NCCc3ccc(OC)c(Cl)c3)c2c1. The highest BCUT2D eigenvalue weighted by Crippen LogP contribution is 2.35. The van der Waals surface area contributed by atoms with Crippen molar-refractivity contribution in [2.45, 2.75) is 24.9 Å². The molecule has 0 saturated carbocycles. The Labute approximate surface area is 197 Å². The van der Waals surface area contributed by atoms with E-state index in [-0.39, 0.29) is 12.8 Å². The molecule has 172 valence electrons. The highest BCUT2D eigenvalue weighted by Gasteiger charge is 2.34. The molecule has 1 aliphatic rings. The predicted octanol–water partition coefficient (Wildman–Crippen LogP) is 4.80. The lowest BCUT2D eigenvalue weighted by molar-refractivity contribution is 0.0480. The first-order valence-corrected chi connectivity index (χ1v) is 11.1. The molecule has 9 heteroatoms. The summed E-state index contributed by atoms with van der Waals surface area (Å²) < 4.78 is 19.6. The van der Waals surface area contributed by atoms with Crippen LogP contribution in [0.1, 0.15) is 18.4 Å². The average molecular weight is 470 g/mol. The molecule has 1 fully saturated rings. The molecule has 0 spiro atoms. The fraction of sp³-hybridized carbons (Fsp3) is 0.375. The number of hydrogen-bond acceptors (Lipinski definition) is 6. The standard InChI is InChI=1S/C24H25ClFN5O2/c1-27-17-4-5-18-19(14-17)22(28-10-7-16-3-6-21(33-2)20(25)13-16)29-30-23(18)31-11-8-24(26,15-32)9-12-31/h3-6,13-14,32H,7-12,15H2,2H3,(H,28,29). The molecule has 1 aromatic heterocycles. The van der Waals surface area contributed by atoms with E-state index in [9.17, 15) is 9.50 Å². The van der Waals surface area contributed by atoms with Crippen molar-refractivity contribution in [3.8, 4) is 5.75 Å². The van der Waals surface area contributed by atoms with Crippen LogP contribution in [0.25, 0.3) is 15.6 Å². The lowest BCUT2D eigenvalue weighted by Gasteiger charge is -2.36. The average Bonchev–Trinajstić information content (AvgIpc) is 2.84. The van der Waals surface area contributed by atoms with E-state index in [4.69, 9.17) is 22.9 Å². The maximum atomic E-state index is 14.4. The number of nitrogens with one attached hydrogen (secondary N) is 1. The molecule has 7 nitrogen and oxygen atoms in total. The van der Waals surface area contributed by atoms with Gasteiger partial charge in [0.2, 0.25) is 0 Å². The van der Waals surface area contributed by atoms with Gasteiger partial charge >= 0.3 is 0 Å². The molecule has 2 heterocycles. The molecule has 2 N–H and O–H groups in total. The van der Waals surface area contributed by atoms with E-state index >= 15 is 0 Å². The minimum atomic E-state index is -1.54. The van der Waals surface area contributed by atoms with Crippen molar-refractivity contribution in [3.63, 3.8) is 0 Å². The molecule has 3 aromatic rings. The second-order valence-corrected chi connectivity index (χ2v) is 8.56. The number of piperidine rings is 1. The number of rotatable bonds is 7. The minimum Gasteiger partial charge on any atom is -0.495 e. The first-order valence-electron chi connectivity index (χ1n) is 10.8. The van der Waals surface area contributed by atoms with Gasteiger partial charge in [-0.25, -0.2) is 9.24 Å². The van der Waals surface area contributed by atoms with Crippen molar-refractivity contribution in [2.75, 3.05) is 43.6 Å². The number of hydrogen-bond donors (Lipinski definition) is 2. The van der Waals surface area contributed by atoms with Gasteiger partial charge in [-0.05, 0) is 30.2 Å². The Morgan fingerprint density at radius 2 is 2.00 bits per heavy atom. The number of aromatic nitrogens is 2. The third-order valence-electron chi connectivity index (χ3n) is 6.04. The van der Waals surface area contributed by atoms with Crippen LogP contribution < -0.4 is 15.0 Å². The number of anilines is 2. The lowest BCUT2D eigenvalue weighted by Crippen LogP contribution is -2.44. The number of ether oxygens (including phenoxy) is 1. The van der Waals surface area contributed by atoms with Crippen LogP contribution in [-0.2, 0) is 6.42 Å². The molecule has 0 unspecified atom stereocenters. The van der Waals surface area contributed by atoms with E-state index in [0.29, 0.717) is 54.2 Å². The lowest BCUT2D eigenvalue weighted by atomic mass is 9.94. The summed E-state index contributed by atoms with van der Waals surface area (Å²) in [4.78, 5) is 5.53. The van der Waals surface area contributed by atoms with E-state index in [2.05, 4.69) is 20.4 Å². The molecule has 0 bridgehead atoms. The molecule has 0 atom stereocenters. The van der Waals surface area contributed by atoms with Gasteiger partial charge < -0.3 is 20.1 Å². The quantitative estimate of drug-likeness (QED) is 0.484. The van der Waals surface area contributed by atoms with Gasteiger partial charge in [0, 0.05) is 43.2 Å². The fourth-order valence-corrected chi connectivity index (χ4v) is 4.31. The molecular weight excluding hydrogens is 445 g/mol. The summed E-state index contributed by atoms with van der Waals surface area (Å²) >= 11 is 6.22. The highest BCUT2D eigenvalue weighted by molar-refractivity contribution is 6.32. The van der Waals surface area contributed by atoms with E-state index in [0.717, 1.165) is 16.3 Å². The number of aliphatic hydroxyl groups excluding tert-OH is 1. The number of fused-ring (bicyclic) bond motifs is 1. The summed E-state index contributed by atoms with van der Waals surface area (Å²) in [5, 5.41) is 23.7. The van der Waals surface area contributed by atoms with Gasteiger partial charge in [0.25, 0.3) is 0 Å². The Morgan fingerprint density at radius 3 is 2.67 bits per heavy atom. The molecule has 33 heavy (non-hydrogen) atoms. The van der Waals surface area contributed by atoms with Crippen LogP contribution >= 0.6 is 11.6 Å². The third kappa shape index (κ3) is 4.95. The monoisotopic (exact) mass is 469 g/mol. The van der Waals surface area contributed by atoms with E-state index in [1.165, 1.54) is 0 Å². The van der Waals surface area contributed by atoms with Crippen LogP contribution in [-0.4, -0.2) is 54.3 Å². The van der Waals surface area contributed by atoms with E-state index in [1.54, 1.807) is 19.2 Å². The van der Waals surface area contributed by atoms with Crippen LogP contribution in [0.4, 0.5) is 21.7 Å². The fourth-order valence-electron chi connectivity index (χ4n) is 4.03. The Bertz CT molecular complexity index is 1190. The van der Waals surface area contributed by atoms with E-state index < -0.39 is 12.3 Å². The Morgan fingerprint density at radius 1 is 1.21 bits per heavy atom. The van der Waals surface area contributed by atoms with Crippen molar-refractivity contribution in [1.82, 2.24) is 10.2 Å². The van der Waals surface area contributed by atoms with Gasteiger partial charge in [-0.2, -0.15) is 0 Å². The van der Waals surface area contributed by atoms with Crippen LogP contribution in [0.15, 0.2) is 36.4 Å². The zero-order valence-corrected chi connectivity index (χ0v) is 19.1. The van der Waals surface area contributed by atoms with Crippen LogP contribution in [0.2, 0.25) is 5.02 Å². The van der Waals surface area contributed by atoms with Crippen LogP contribution in [0.5, 0.6) is 5.75 Å². The highest BCUT2D eigenvalue weighted by atomic mass is 35.5. The molecular formula is C24H25ClFN5O2. The predicted molar refractivity (Wildman–Crippen MR) is 128 cm³/mol. The zero-order valence-electron chi connectivity index (χ0n) is 18.3. The largest absolute Gasteiger partial charge is 0.495 e. The Kier molecular flexibility index (Phi) is 6.82. The number of alkyl halides is 1. The first-order chi connectivity index (χ1) is 16.0. The number of nitrogens with zero attached hydrogens (tertiary/aromatic N) is 4. The summed E-state index contributed by atoms with van der Waals surface area (Å²) in [5.74, 6) is 1.88. The number of methoxy groups -OCH3 is 1. The van der Waals surface area contributed by atoms with Crippen molar-refractivity contribution in [3.05, 3.63) is 58.4 Å². The molecule has 4 rings (SSSR count). The van der Waals surface area contributed by atoms with E-state index in [1.807, 2.05) is 29.2 Å². The number of benzene rings is 2. The molecule has 1 saturated heterocycles. The van der Waals surface area contributed by atoms with Crippen molar-refractivity contribution < 1.29 is 14.2 Å². The van der Waals surface area contributed by atoms with Gasteiger partial charge in [-0.1, -0.05) is 29.8 Å². The maximum Gasteiger partial charge on any atom is 0.188 e. The molecule has 2 aromatic carbocycles. The van der Waals surface area contributed by atoms with Crippen molar-refractivity contribution >= 4 is 39.7 Å². The summed E-state index contributed by atoms with van der Waals surface area (Å²) in [6, 6.07) is 11.1. The van der Waals surface area contributed by atoms with Gasteiger partial charge in [0.1, 0.15) is 11.4 Å². The number of aliphatic hydroxyl groups is 1. The summed E-state index contributed by atoms with van der Waals surface area (Å²) in [6.45, 7) is 8.39. The maximum absolute atomic E-state index is 14.4. The third-order valence-corrected chi connectivity index (χ3v) is 6.33. The first kappa shape index (κ1) is 23.0. The zero-order chi connectivity index (χ0) is 23.4. The summed E-state index contributed by atoms with van der Waals surface area (Å²) in [5.41, 5.74) is 0.0205. The normalized spacial score (nSPS) is 15.3. The number of halogens is 2. The summed E-state index contributed by atoms with van der Waals surface area (Å²) in [7, 11) is 1.58. The molecule has 0 radical (unpaired) electrons.